The van der Waals surface area contributed by atoms with Gasteiger partial charge in [-0.2, -0.15) is 0 Å². The highest BCUT2D eigenvalue weighted by molar-refractivity contribution is 7.93. The standard InChI is InChI=1S/C26H33N3O4S/c1-20-5-7-21(8-6-20)26(31)22-13-17-29(18-14-22)25(30)19-34(32,33)27-23-9-11-24(12-10-23)28-15-3-2-4-16-28/h5-12,22,27H,2-4,13-19H2,1H3. The number of benzene rings is 2. The highest BCUT2D eigenvalue weighted by Gasteiger charge is 2.30. The van der Waals surface area contributed by atoms with E-state index in [2.05, 4.69) is 9.62 Å². The number of likely N-dealkylation sites (tertiary alicyclic amines) is 1. The molecule has 0 aliphatic carbocycles. The van der Waals surface area contributed by atoms with Crippen molar-refractivity contribution < 1.29 is 18.0 Å². The molecule has 4 rings (SSSR count). The van der Waals surface area contributed by atoms with Crippen LogP contribution in [0.2, 0.25) is 0 Å². The molecule has 0 unspecified atom stereocenters. The molecule has 34 heavy (non-hydrogen) atoms. The minimum atomic E-state index is -3.82. The molecule has 182 valence electrons. The SMILES string of the molecule is Cc1ccc(C(=O)C2CCN(C(=O)CS(=O)(=O)Nc3ccc(N4CCCCC4)cc3)CC2)cc1. The number of piperidine rings is 2. The Labute approximate surface area is 202 Å². The molecule has 0 atom stereocenters. The first-order chi connectivity index (χ1) is 16.3. The Kier molecular flexibility index (Phi) is 7.56. The lowest BCUT2D eigenvalue weighted by Crippen LogP contribution is -2.43. The van der Waals surface area contributed by atoms with Crippen LogP contribution in [0.4, 0.5) is 11.4 Å². The van der Waals surface area contributed by atoms with Crippen molar-refractivity contribution >= 4 is 33.1 Å². The first kappa shape index (κ1) is 24.3. The van der Waals surface area contributed by atoms with Crippen LogP contribution >= 0.6 is 0 Å². The molecule has 8 heteroatoms. The Bertz CT molecular complexity index is 1100. The van der Waals surface area contributed by atoms with Gasteiger partial charge in [0.05, 0.1) is 0 Å². The number of aryl methyl sites for hydroxylation is 1. The summed E-state index contributed by atoms with van der Waals surface area (Å²) >= 11 is 0. The van der Waals surface area contributed by atoms with E-state index in [9.17, 15) is 18.0 Å². The van der Waals surface area contributed by atoms with E-state index in [1.165, 1.54) is 19.3 Å². The topological polar surface area (TPSA) is 86.8 Å². The zero-order valence-electron chi connectivity index (χ0n) is 19.7. The molecule has 2 saturated heterocycles. The average molecular weight is 484 g/mol. The van der Waals surface area contributed by atoms with Crippen molar-refractivity contribution in [2.24, 2.45) is 5.92 Å². The molecule has 0 saturated carbocycles. The van der Waals surface area contributed by atoms with Gasteiger partial charge in [-0.1, -0.05) is 29.8 Å². The summed E-state index contributed by atoms with van der Waals surface area (Å²) in [5.74, 6) is -1.08. The Morgan fingerprint density at radius 3 is 2.12 bits per heavy atom. The maximum absolute atomic E-state index is 12.7. The lowest BCUT2D eigenvalue weighted by Gasteiger charge is -2.31. The van der Waals surface area contributed by atoms with Gasteiger partial charge in [0, 0.05) is 49.0 Å². The van der Waals surface area contributed by atoms with Crippen LogP contribution in [0.5, 0.6) is 0 Å². The number of ketones is 1. The van der Waals surface area contributed by atoms with Crippen molar-refractivity contribution in [1.29, 1.82) is 0 Å². The second kappa shape index (κ2) is 10.6. The lowest BCUT2D eigenvalue weighted by atomic mass is 9.88. The fourth-order valence-electron chi connectivity index (χ4n) is 4.71. The largest absolute Gasteiger partial charge is 0.372 e. The predicted octanol–water partition coefficient (Wildman–Crippen LogP) is 3.85. The van der Waals surface area contributed by atoms with E-state index in [1.807, 2.05) is 43.3 Å². The molecule has 1 amide bonds. The Morgan fingerprint density at radius 2 is 1.50 bits per heavy atom. The maximum atomic E-state index is 12.7. The van der Waals surface area contributed by atoms with Gasteiger partial charge in [-0.15, -0.1) is 0 Å². The van der Waals surface area contributed by atoms with Gasteiger partial charge >= 0.3 is 0 Å². The van der Waals surface area contributed by atoms with Crippen LogP contribution in [0.15, 0.2) is 48.5 Å². The maximum Gasteiger partial charge on any atom is 0.241 e. The third-order valence-corrected chi connectivity index (χ3v) is 7.90. The van der Waals surface area contributed by atoms with Gasteiger partial charge in [0.1, 0.15) is 5.75 Å². The molecule has 7 nitrogen and oxygen atoms in total. The molecule has 2 aromatic rings. The first-order valence-electron chi connectivity index (χ1n) is 12.0. The highest BCUT2D eigenvalue weighted by atomic mass is 32.2. The number of Topliss-reactive ketones (excluding diaryl/α,β-unsaturated/α-hetero) is 1. The molecule has 0 bridgehead atoms. The van der Waals surface area contributed by atoms with Crippen molar-refractivity contribution in [1.82, 2.24) is 4.90 Å². The summed E-state index contributed by atoms with van der Waals surface area (Å²) in [6.45, 7) is 4.80. The molecule has 2 fully saturated rings. The van der Waals surface area contributed by atoms with Gasteiger partial charge in [-0.05, 0) is 63.3 Å². The molecule has 1 N–H and O–H groups in total. The Morgan fingerprint density at radius 1 is 0.882 bits per heavy atom. The Hall–Kier alpha value is -2.87. The van der Waals surface area contributed by atoms with E-state index < -0.39 is 21.7 Å². The zero-order chi connectivity index (χ0) is 24.1. The van der Waals surface area contributed by atoms with E-state index in [-0.39, 0.29) is 11.7 Å². The number of nitrogens with one attached hydrogen (secondary N) is 1. The summed E-state index contributed by atoms with van der Waals surface area (Å²) in [4.78, 5) is 29.3. The van der Waals surface area contributed by atoms with Gasteiger partial charge in [0.15, 0.2) is 5.78 Å². The van der Waals surface area contributed by atoms with Crippen LogP contribution in [0.1, 0.15) is 48.0 Å². The number of hydrogen-bond donors (Lipinski definition) is 1. The van der Waals surface area contributed by atoms with E-state index in [4.69, 9.17) is 0 Å². The van der Waals surface area contributed by atoms with Gasteiger partial charge in [0.25, 0.3) is 0 Å². The first-order valence-corrected chi connectivity index (χ1v) is 13.7. The molecule has 0 radical (unpaired) electrons. The smallest absolute Gasteiger partial charge is 0.241 e. The van der Waals surface area contributed by atoms with Crippen LogP contribution in [0, 0.1) is 12.8 Å². The summed E-state index contributed by atoms with van der Waals surface area (Å²) in [6, 6.07) is 14.8. The van der Waals surface area contributed by atoms with Crippen molar-refractivity contribution in [3.05, 3.63) is 59.7 Å². The third-order valence-electron chi connectivity index (χ3n) is 6.73. The normalized spacial score (nSPS) is 17.4. The van der Waals surface area contributed by atoms with E-state index in [1.54, 1.807) is 17.0 Å². The number of sulfonamides is 1. The quantitative estimate of drug-likeness (QED) is 0.605. The van der Waals surface area contributed by atoms with Crippen LogP contribution in [0.25, 0.3) is 0 Å². The second-order valence-electron chi connectivity index (χ2n) is 9.34. The number of amides is 1. The van der Waals surface area contributed by atoms with E-state index >= 15 is 0 Å². The summed E-state index contributed by atoms with van der Waals surface area (Å²) in [5, 5.41) is 0. The van der Waals surface area contributed by atoms with Gasteiger partial charge in [-0.3, -0.25) is 14.3 Å². The molecule has 0 spiro atoms. The summed E-state index contributed by atoms with van der Waals surface area (Å²) in [7, 11) is -3.82. The lowest BCUT2D eigenvalue weighted by molar-refractivity contribution is -0.129. The van der Waals surface area contributed by atoms with E-state index in [0.717, 1.165) is 24.3 Å². The molecular weight excluding hydrogens is 450 g/mol. The molecule has 2 aromatic carbocycles. The van der Waals surface area contributed by atoms with Crippen molar-refractivity contribution in [2.75, 3.05) is 41.6 Å². The zero-order valence-corrected chi connectivity index (χ0v) is 20.5. The van der Waals surface area contributed by atoms with Gasteiger partial charge in [-0.25, -0.2) is 8.42 Å². The third kappa shape index (κ3) is 6.17. The van der Waals surface area contributed by atoms with Gasteiger partial charge < -0.3 is 9.80 Å². The molecule has 2 heterocycles. The molecule has 2 aliphatic rings. The number of carbonyl (C=O) groups excluding carboxylic acids is 2. The number of carbonyl (C=O) groups is 2. The monoisotopic (exact) mass is 483 g/mol. The molecular formula is C26H33N3O4S. The summed E-state index contributed by atoms with van der Waals surface area (Å²) in [5.41, 5.74) is 3.33. The predicted molar refractivity (Wildman–Crippen MR) is 135 cm³/mol. The fourth-order valence-corrected chi connectivity index (χ4v) is 5.78. The number of anilines is 2. The van der Waals surface area contributed by atoms with Crippen LogP contribution in [-0.2, 0) is 14.8 Å². The molecule has 2 aliphatic heterocycles. The van der Waals surface area contributed by atoms with Crippen LogP contribution in [0.3, 0.4) is 0 Å². The summed E-state index contributed by atoms with van der Waals surface area (Å²) < 4.78 is 27.7. The second-order valence-corrected chi connectivity index (χ2v) is 11.1. The van der Waals surface area contributed by atoms with E-state index in [0.29, 0.717) is 37.2 Å². The Balaban J connectivity index is 1.27. The van der Waals surface area contributed by atoms with Gasteiger partial charge in [0.2, 0.25) is 15.9 Å². The van der Waals surface area contributed by atoms with Crippen LogP contribution in [-0.4, -0.2) is 56.9 Å². The number of hydrogen-bond acceptors (Lipinski definition) is 5. The van der Waals surface area contributed by atoms with Crippen molar-refractivity contribution in [3.63, 3.8) is 0 Å². The molecule has 0 aromatic heterocycles. The minimum Gasteiger partial charge on any atom is -0.372 e. The fraction of sp³-hybridized carbons (Fsp3) is 0.462. The number of nitrogens with zero attached hydrogens (tertiary/aromatic N) is 2. The highest BCUT2D eigenvalue weighted by Crippen LogP contribution is 2.24. The number of rotatable bonds is 7. The average Bonchev–Trinajstić information content (AvgIpc) is 2.84. The minimum absolute atomic E-state index is 0.0920. The summed E-state index contributed by atoms with van der Waals surface area (Å²) in [6.07, 6.45) is 4.69. The van der Waals surface area contributed by atoms with Crippen molar-refractivity contribution in [3.8, 4) is 0 Å². The van der Waals surface area contributed by atoms with Crippen LogP contribution < -0.4 is 9.62 Å². The van der Waals surface area contributed by atoms with Crippen molar-refractivity contribution in [2.45, 2.75) is 39.0 Å².